The van der Waals surface area contributed by atoms with E-state index in [1.54, 1.807) is 6.07 Å². The fourth-order valence-corrected chi connectivity index (χ4v) is 5.09. The van der Waals surface area contributed by atoms with Gasteiger partial charge in [-0.1, -0.05) is 75.1 Å². The second kappa shape index (κ2) is 9.64. The molecule has 1 aliphatic carbocycles. The van der Waals surface area contributed by atoms with Gasteiger partial charge in [0.2, 0.25) is 0 Å². The minimum atomic E-state index is -4.40. The van der Waals surface area contributed by atoms with Crippen molar-refractivity contribution in [3.63, 3.8) is 0 Å². The van der Waals surface area contributed by atoms with Crippen LogP contribution in [0.2, 0.25) is 0 Å². The minimum Gasteiger partial charge on any atom is -0.206 e. The third-order valence-corrected chi connectivity index (χ3v) is 7.04. The normalized spacial score (nSPS) is 19.4. The summed E-state index contributed by atoms with van der Waals surface area (Å²) in [5.41, 5.74) is 1.31. The minimum absolute atomic E-state index is 0.326. The van der Waals surface area contributed by atoms with Crippen molar-refractivity contribution in [2.75, 3.05) is 0 Å². The van der Waals surface area contributed by atoms with Crippen molar-refractivity contribution >= 4 is 10.8 Å². The molecule has 0 atom stereocenters. The number of hydrogen-bond acceptors (Lipinski definition) is 0. The van der Waals surface area contributed by atoms with E-state index in [0.717, 1.165) is 23.4 Å². The summed E-state index contributed by atoms with van der Waals surface area (Å²) in [7, 11) is 0. The zero-order chi connectivity index (χ0) is 22.7. The number of hydrogen-bond donors (Lipinski definition) is 0. The van der Waals surface area contributed by atoms with Gasteiger partial charge in [-0.3, -0.25) is 0 Å². The van der Waals surface area contributed by atoms with Crippen LogP contribution < -0.4 is 0 Å². The predicted octanol–water partition coefficient (Wildman–Crippen LogP) is 9.52. The molecular weight excluding hydrogens is 412 g/mol. The van der Waals surface area contributed by atoms with E-state index in [1.165, 1.54) is 69.1 Å². The van der Waals surface area contributed by atoms with Gasteiger partial charge in [-0.2, -0.15) is 13.2 Å². The zero-order valence-electron chi connectivity index (χ0n) is 18.5. The van der Waals surface area contributed by atoms with Gasteiger partial charge < -0.3 is 0 Å². The Balaban J connectivity index is 1.50. The van der Waals surface area contributed by atoms with Gasteiger partial charge >= 0.3 is 6.18 Å². The Morgan fingerprint density at radius 1 is 0.844 bits per heavy atom. The van der Waals surface area contributed by atoms with Crippen molar-refractivity contribution in [2.45, 2.75) is 70.4 Å². The van der Waals surface area contributed by atoms with Gasteiger partial charge in [0.15, 0.2) is 0 Å². The third-order valence-electron chi connectivity index (χ3n) is 7.04. The van der Waals surface area contributed by atoms with Gasteiger partial charge in [0.05, 0.1) is 5.56 Å². The molecule has 4 heteroatoms. The maximum absolute atomic E-state index is 15.2. The van der Waals surface area contributed by atoms with Crippen molar-refractivity contribution in [3.05, 3.63) is 71.5 Å². The van der Waals surface area contributed by atoms with E-state index in [9.17, 15) is 13.2 Å². The molecule has 0 unspecified atom stereocenters. The number of benzene rings is 3. The molecule has 0 bridgehead atoms. The Kier molecular flexibility index (Phi) is 6.88. The largest absolute Gasteiger partial charge is 0.416 e. The van der Waals surface area contributed by atoms with Crippen molar-refractivity contribution in [1.29, 1.82) is 0 Å². The molecule has 1 saturated carbocycles. The highest BCUT2D eigenvalue weighted by Crippen LogP contribution is 2.39. The molecule has 0 saturated heterocycles. The van der Waals surface area contributed by atoms with Crippen LogP contribution in [0.4, 0.5) is 17.6 Å². The lowest BCUT2D eigenvalue weighted by Gasteiger charge is -2.29. The summed E-state index contributed by atoms with van der Waals surface area (Å²) in [6, 6.07) is 14.2. The molecule has 0 nitrogen and oxygen atoms in total. The summed E-state index contributed by atoms with van der Waals surface area (Å²) < 4.78 is 53.7. The second-order valence-electron chi connectivity index (χ2n) is 9.20. The molecule has 1 aliphatic rings. The van der Waals surface area contributed by atoms with E-state index in [0.29, 0.717) is 22.4 Å². The standard InChI is InChI=1S/C28H30F4/c1-2-3-4-5-19-6-8-20(9-7-19)22-12-16-26-23(18-22)13-17-25(27(26)29)21-10-14-24(15-11-21)28(30,31)32/h10-20H,2-9H2,1H3/t19-,20-. The van der Waals surface area contributed by atoms with Crippen LogP contribution in [0.3, 0.4) is 0 Å². The fourth-order valence-electron chi connectivity index (χ4n) is 5.09. The SMILES string of the molecule is CCCCC[C@H]1CC[C@H](c2ccc3c(F)c(-c4ccc(C(F)(F)F)cc4)ccc3c2)CC1. The number of alkyl halides is 3. The van der Waals surface area contributed by atoms with Crippen molar-refractivity contribution in [1.82, 2.24) is 0 Å². The Morgan fingerprint density at radius 3 is 2.22 bits per heavy atom. The molecule has 3 aromatic carbocycles. The van der Waals surface area contributed by atoms with Crippen LogP contribution in [0, 0.1) is 11.7 Å². The molecule has 0 amide bonds. The van der Waals surface area contributed by atoms with E-state index in [2.05, 4.69) is 13.0 Å². The molecule has 0 aliphatic heterocycles. The van der Waals surface area contributed by atoms with E-state index in [4.69, 9.17) is 0 Å². The molecule has 3 aromatic rings. The Labute approximate surface area is 187 Å². The molecule has 170 valence electrons. The molecule has 0 N–H and O–H groups in total. The summed E-state index contributed by atoms with van der Waals surface area (Å²) in [4.78, 5) is 0. The van der Waals surface area contributed by atoms with E-state index < -0.39 is 11.7 Å². The summed E-state index contributed by atoms with van der Waals surface area (Å²) in [6.45, 7) is 2.24. The van der Waals surface area contributed by atoms with E-state index >= 15 is 4.39 Å². The summed E-state index contributed by atoms with van der Waals surface area (Å²) >= 11 is 0. The summed E-state index contributed by atoms with van der Waals surface area (Å²) in [5.74, 6) is 0.995. The molecule has 1 fully saturated rings. The van der Waals surface area contributed by atoms with E-state index in [-0.39, 0.29) is 5.82 Å². The maximum Gasteiger partial charge on any atom is 0.416 e. The van der Waals surface area contributed by atoms with Gasteiger partial charge in [0.25, 0.3) is 0 Å². The molecular formula is C28H30F4. The molecule has 0 aromatic heterocycles. The summed E-state index contributed by atoms with van der Waals surface area (Å²) in [6.07, 6.45) is 5.79. The Hall–Kier alpha value is -2.36. The first-order valence-electron chi connectivity index (χ1n) is 11.8. The highest BCUT2D eigenvalue weighted by Gasteiger charge is 2.30. The molecule has 0 heterocycles. The van der Waals surface area contributed by atoms with Crippen molar-refractivity contribution in [2.24, 2.45) is 5.92 Å². The predicted molar refractivity (Wildman–Crippen MR) is 123 cm³/mol. The smallest absolute Gasteiger partial charge is 0.206 e. The average molecular weight is 443 g/mol. The van der Waals surface area contributed by atoms with Crippen LogP contribution in [0.15, 0.2) is 54.6 Å². The lowest BCUT2D eigenvalue weighted by atomic mass is 9.76. The number of rotatable bonds is 6. The van der Waals surface area contributed by atoms with E-state index in [1.807, 2.05) is 18.2 Å². The lowest BCUT2D eigenvalue weighted by molar-refractivity contribution is -0.137. The quantitative estimate of drug-likeness (QED) is 0.263. The molecule has 32 heavy (non-hydrogen) atoms. The van der Waals surface area contributed by atoms with Gasteiger partial charge in [-0.15, -0.1) is 0 Å². The van der Waals surface area contributed by atoms with Gasteiger partial charge in [-0.25, -0.2) is 4.39 Å². The lowest BCUT2D eigenvalue weighted by Crippen LogP contribution is -2.13. The number of unbranched alkanes of at least 4 members (excludes halogenated alkanes) is 2. The monoisotopic (exact) mass is 442 g/mol. The Bertz CT molecular complexity index is 1040. The van der Waals surface area contributed by atoms with Crippen molar-refractivity contribution < 1.29 is 17.6 Å². The molecule has 4 rings (SSSR count). The zero-order valence-corrected chi connectivity index (χ0v) is 18.5. The second-order valence-corrected chi connectivity index (χ2v) is 9.20. The van der Waals surface area contributed by atoms with Crippen molar-refractivity contribution in [3.8, 4) is 11.1 Å². The highest BCUT2D eigenvalue weighted by molar-refractivity contribution is 5.89. The van der Waals surface area contributed by atoms with Crippen LogP contribution in [0.25, 0.3) is 21.9 Å². The average Bonchev–Trinajstić information content (AvgIpc) is 2.79. The van der Waals surface area contributed by atoms with Gasteiger partial charge in [-0.05, 0) is 66.2 Å². The summed E-state index contributed by atoms with van der Waals surface area (Å²) in [5, 5.41) is 1.36. The van der Waals surface area contributed by atoms with Crippen LogP contribution in [-0.4, -0.2) is 0 Å². The first kappa shape index (κ1) is 22.8. The topological polar surface area (TPSA) is 0 Å². The number of fused-ring (bicyclic) bond motifs is 1. The highest BCUT2D eigenvalue weighted by atomic mass is 19.4. The molecule has 0 radical (unpaired) electrons. The van der Waals surface area contributed by atoms with Gasteiger partial charge in [0, 0.05) is 10.9 Å². The van der Waals surface area contributed by atoms with Crippen LogP contribution in [0.5, 0.6) is 0 Å². The van der Waals surface area contributed by atoms with Gasteiger partial charge in [0.1, 0.15) is 5.82 Å². The third kappa shape index (κ3) is 5.00. The van der Waals surface area contributed by atoms with Crippen LogP contribution >= 0.6 is 0 Å². The first-order valence-corrected chi connectivity index (χ1v) is 11.8. The first-order chi connectivity index (χ1) is 15.4. The fraction of sp³-hybridized carbons (Fsp3) is 0.429. The maximum atomic E-state index is 15.2. The number of halogens is 4. The Morgan fingerprint density at radius 2 is 1.56 bits per heavy atom. The van der Waals surface area contributed by atoms with Crippen LogP contribution in [-0.2, 0) is 6.18 Å². The van der Waals surface area contributed by atoms with Crippen LogP contribution in [0.1, 0.15) is 75.3 Å². The molecule has 0 spiro atoms.